The number of benzene rings is 1. The smallest absolute Gasteiger partial charge is 0.346 e. The average molecular weight is 309 g/mol. The molecule has 1 aromatic heterocycles. The summed E-state index contributed by atoms with van der Waals surface area (Å²) in [4.78, 5) is 11.6. The molecule has 1 atom stereocenters. The van der Waals surface area contributed by atoms with E-state index < -0.39 is 5.97 Å². The van der Waals surface area contributed by atoms with E-state index in [1.807, 2.05) is 6.92 Å². The van der Waals surface area contributed by atoms with Gasteiger partial charge in [0.05, 0.1) is 6.61 Å². The number of carbonyl (C=O) groups is 1. The van der Waals surface area contributed by atoms with Crippen molar-refractivity contribution in [3.63, 3.8) is 0 Å². The Balaban J connectivity index is 1.99. The largest absolute Gasteiger partial charge is 0.477 e. The zero-order chi connectivity index (χ0) is 15.0. The molecule has 0 aliphatic carbocycles. The van der Waals surface area contributed by atoms with Crippen molar-refractivity contribution < 1.29 is 19.0 Å². The highest BCUT2D eigenvalue weighted by atomic mass is 32.1. The van der Waals surface area contributed by atoms with Crippen molar-refractivity contribution >= 4 is 27.4 Å². The summed E-state index contributed by atoms with van der Waals surface area (Å²) in [6, 6.07) is 4.72. The van der Waals surface area contributed by atoms with Gasteiger partial charge in [-0.2, -0.15) is 0 Å². The highest BCUT2D eigenvalue weighted by molar-refractivity contribution is 7.21. The maximum atomic E-state index is 14.1. The van der Waals surface area contributed by atoms with E-state index in [9.17, 15) is 14.3 Å². The van der Waals surface area contributed by atoms with Gasteiger partial charge in [0.2, 0.25) is 0 Å². The second-order valence-corrected chi connectivity index (χ2v) is 6.60. The summed E-state index contributed by atoms with van der Waals surface area (Å²) in [6.07, 6.45) is 0.861. The van der Waals surface area contributed by atoms with Crippen LogP contribution in [0.5, 0.6) is 0 Å². The molecular formula is C15H16FNO3S. The van der Waals surface area contributed by atoms with Crippen LogP contribution in [0.25, 0.3) is 10.1 Å². The van der Waals surface area contributed by atoms with Gasteiger partial charge in [0.15, 0.2) is 0 Å². The Morgan fingerprint density at radius 3 is 3.05 bits per heavy atom. The molecule has 4 nitrogen and oxygen atoms in total. The lowest BCUT2D eigenvalue weighted by Gasteiger charge is -2.23. The Morgan fingerprint density at radius 2 is 2.38 bits per heavy atom. The maximum Gasteiger partial charge on any atom is 0.346 e. The molecule has 1 aromatic carbocycles. The summed E-state index contributed by atoms with van der Waals surface area (Å²) in [5, 5.41) is 13.1. The molecule has 0 spiro atoms. The van der Waals surface area contributed by atoms with Gasteiger partial charge in [0.25, 0.3) is 0 Å². The first-order chi connectivity index (χ1) is 10.0. The number of carboxylic acids is 1. The third kappa shape index (κ3) is 2.66. The van der Waals surface area contributed by atoms with Crippen LogP contribution < -0.4 is 5.32 Å². The molecule has 1 unspecified atom stereocenters. The first-order valence-corrected chi connectivity index (χ1v) is 7.58. The Bertz CT molecular complexity index is 692. The number of aromatic carboxylic acids is 1. The molecule has 6 heteroatoms. The highest BCUT2D eigenvalue weighted by Crippen LogP contribution is 2.34. The summed E-state index contributed by atoms with van der Waals surface area (Å²) >= 11 is 1.12. The molecule has 1 fully saturated rings. The SMILES string of the molecule is CC1(NCc2c(C(=O)O)sc3cccc(F)c23)CCOC1. The first kappa shape index (κ1) is 14.4. The number of hydrogen-bond donors (Lipinski definition) is 2. The van der Waals surface area contributed by atoms with Crippen molar-refractivity contribution in [3.05, 3.63) is 34.5 Å². The third-order valence-corrected chi connectivity index (χ3v) is 5.05. The second-order valence-electron chi connectivity index (χ2n) is 5.54. The summed E-state index contributed by atoms with van der Waals surface area (Å²) in [6.45, 7) is 3.63. The van der Waals surface area contributed by atoms with E-state index in [0.717, 1.165) is 17.8 Å². The second kappa shape index (κ2) is 5.36. The van der Waals surface area contributed by atoms with Crippen molar-refractivity contribution in [3.8, 4) is 0 Å². The molecule has 0 radical (unpaired) electrons. The zero-order valence-electron chi connectivity index (χ0n) is 11.6. The van der Waals surface area contributed by atoms with Gasteiger partial charge < -0.3 is 15.2 Å². The van der Waals surface area contributed by atoms with Crippen molar-refractivity contribution in [1.82, 2.24) is 5.32 Å². The minimum atomic E-state index is -1.01. The Kier molecular flexibility index (Phi) is 3.69. The number of carboxylic acid groups (broad SMARTS) is 1. The molecule has 0 amide bonds. The normalized spacial score (nSPS) is 22.0. The number of hydrogen-bond acceptors (Lipinski definition) is 4. The van der Waals surface area contributed by atoms with E-state index in [1.165, 1.54) is 6.07 Å². The molecule has 0 saturated carbocycles. The van der Waals surface area contributed by atoms with E-state index in [0.29, 0.717) is 35.4 Å². The van der Waals surface area contributed by atoms with Crippen molar-refractivity contribution in [2.75, 3.05) is 13.2 Å². The molecular weight excluding hydrogens is 293 g/mol. The minimum absolute atomic E-state index is 0.185. The van der Waals surface area contributed by atoms with Gasteiger partial charge in [0, 0.05) is 34.3 Å². The lowest BCUT2D eigenvalue weighted by atomic mass is 10.0. The van der Waals surface area contributed by atoms with E-state index >= 15 is 0 Å². The fourth-order valence-corrected chi connectivity index (χ4v) is 3.69. The summed E-state index contributed by atoms with van der Waals surface area (Å²) in [5.41, 5.74) is 0.337. The van der Waals surface area contributed by atoms with Crippen molar-refractivity contribution in [1.29, 1.82) is 0 Å². The van der Waals surface area contributed by atoms with Crippen LogP contribution in [0, 0.1) is 5.82 Å². The fraction of sp³-hybridized carbons (Fsp3) is 0.400. The van der Waals surface area contributed by atoms with Gasteiger partial charge >= 0.3 is 5.97 Å². The van der Waals surface area contributed by atoms with Gasteiger partial charge in [-0.05, 0) is 25.5 Å². The molecule has 0 bridgehead atoms. The third-order valence-electron chi connectivity index (χ3n) is 3.87. The number of halogens is 1. The fourth-order valence-electron chi connectivity index (χ4n) is 2.62. The summed E-state index contributed by atoms with van der Waals surface area (Å²) in [7, 11) is 0. The highest BCUT2D eigenvalue weighted by Gasteiger charge is 2.30. The van der Waals surface area contributed by atoms with E-state index in [4.69, 9.17) is 4.74 Å². The monoisotopic (exact) mass is 309 g/mol. The number of nitrogens with one attached hydrogen (secondary N) is 1. The van der Waals surface area contributed by atoms with Crippen LogP contribution in [-0.2, 0) is 11.3 Å². The minimum Gasteiger partial charge on any atom is -0.477 e. The van der Waals surface area contributed by atoms with Crippen LogP contribution in [0.1, 0.15) is 28.6 Å². The van der Waals surface area contributed by atoms with Gasteiger partial charge in [0.1, 0.15) is 10.7 Å². The van der Waals surface area contributed by atoms with Crippen LogP contribution in [-0.4, -0.2) is 29.8 Å². The van der Waals surface area contributed by atoms with E-state index in [-0.39, 0.29) is 16.2 Å². The van der Waals surface area contributed by atoms with Crippen molar-refractivity contribution in [2.45, 2.75) is 25.4 Å². The molecule has 3 rings (SSSR count). The molecule has 1 aliphatic heterocycles. The average Bonchev–Trinajstić information content (AvgIpc) is 3.02. The van der Waals surface area contributed by atoms with Crippen LogP contribution in [0.2, 0.25) is 0 Å². The van der Waals surface area contributed by atoms with Crippen LogP contribution in [0.15, 0.2) is 18.2 Å². The summed E-state index contributed by atoms with van der Waals surface area (Å²) < 4.78 is 20.1. The van der Waals surface area contributed by atoms with Crippen LogP contribution >= 0.6 is 11.3 Å². The lowest BCUT2D eigenvalue weighted by molar-refractivity contribution is 0.0701. The van der Waals surface area contributed by atoms with Crippen molar-refractivity contribution in [2.24, 2.45) is 0 Å². The van der Waals surface area contributed by atoms with Gasteiger partial charge in [-0.3, -0.25) is 0 Å². The molecule has 2 aromatic rings. The number of ether oxygens (including phenoxy) is 1. The predicted octanol–water partition coefficient (Wildman–Crippen LogP) is 3.01. The Hall–Kier alpha value is -1.50. The zero-order valence-corrected chi connectivity index (χ0v) is 12.4. The lowest BCUT2D eigenvalue weighted by Crippen LogP contribution is -2.42. The van der Waals surface area contributed by atoms with E-state index in [2.05, 4.69) is 5.32 Å². The Morgan fingerprint density at radius 1 is 1.57 bits per heavy atom. The first-order valence-electron chi connectivity index (χ1n) is 6.76. The molecule has 2 heterocycles. The van der Waals surface area contributed by atoms with Crippen LogP contribution in [0.4, 0.5) is 4.39 Å². The molecule has 2 N–H and O–H groups in total. The molecule has 1 saturated heterocycles. The van der Waals surface area contributed by atoms with Gasteiger partial charge in [-0.1, -0.05) is 6.07 Å². The number of rotatable bonds is 4. The van der Waals surface area contributed by atoms with Gasteiger partial charge in [-0.15, -0.1) is 11.3 Å². The Labute approximate surface area is 125 Å². The quantitative estimate of drug-likeness (QED) is 0.911. The predicted molar refractivity (Wildman–Crippen MR) is 79.4 cm³/mol. The maximum absolute atomic E-state index is 14.1. The van der Waals surface area contributed by atoms with Crippen LogP contribution in [0.3, 0.4) is 0 Å². The molecule has 1 aliphatic rings. The summed E-state index contributed by atoms with van der Waals surface area (Å²) in [5.74, 6) is -1.39. The van der Waals surface area contributed by atoms with E-state index in [1.54, 1.807) is 12.1 Å². The molecule has 112 valence electrons. The number of fused-ring (bicyclic) bond motifs is 1. The number of thiophene rings is 1. The topological polar surface area (TPSA) is 58.6 Å². The standard InChI is InChI=1S/C15H16FNO3S/c1-15(5-6-20-8-15)17-7-9-12-10(16)3-2-4-11(12)21-13(9)14(18)19/h2-4,17H,5-8H2,1H3,(H,18,19). The van der Waals surface area contributed by atoms with Gasteiger partial charge in [-0.25, -0.2) is 9.18 Å². The molecule has 21 heavy (non-hydrogen) atoms.